The van der Waals surface area contributed by atoms with E-state index in [2.05, 4.69) is 4.90 Å². The van der Waals surface area contributed by atoms with Crippen molar-refractivity contribution in [2.45, 2.75) is 57.4 Å². The number of hydrogen-bond acceptors (Lipinski definition) is 3. The van der Waals surface area contributed by atoms with Crippen LogP contribution in [0, 0.1) is 11.3 Å². The molecule has 0 aromatic rings. The summed E-state index contributed by atoms with van der Waals surface area (Å²) in [6, 6.07) is 0.814. The second-order valence-electron chi connectivity index (χ2n) is 7.00. The molecule has 3 heteroatoms. The zero-order valence-electron chi connectivity index (χ0n) is 12.1. The number of aliphatic hydroxyl groups excluding tert-OH is 1. The highest BCUT2D eigenvalue weighted by Crippen LogP contribution is 2.39. The van der Waals surface area contributed by atoms with Gasteiger partial charge in [-0.1, -0.05) is 12.8 Å². The summed E-state index contributed by atoms with van der Waals surface area (Å²) in [4.78, 5) is 2.73. The fourth-order valence-electron chi connectivity index (χ4n) is 4.53. The number of ether oxygens (including phenoxy) is 1. The molecule has 1 N–H and O–H groups in total. The molecule has 2 atom stereocenters. The summed E-state index contributed by atoms with van der Waals surface area (Å²) in [5.74, 6) is 0.943. The predicted octanol–water partition coefficient (Wildman–Crippen LogP) is 2.43. The Morgan fingerprint density at radius 2 is 1.79 bits per heavy atom. The zero-order chi connectivity index (χ0) is 13.1. The highest BCUT2D eigenvalue weighted by Gasteiger charge is 2.39. The molecule has 3 rings (SSSR count). The highest BCUT2D eigenvalue weighted by molar-refractivity contribution is 4.92. The van der Waals surface area contributed by atoms with Crippen LogP contribution in [-0.4, -0.2) is 49.0 Å². The minimum atomic E-state index is 0.123. The second-order valence-corrected chi connectivity index (χ2v) is 7.00. The molecule has 1 saturated carbocycles. The Morgan fingerprint density at radius 1 is 1.05 bits per heavy atom. The van der Waals surface area contributed by atoms with E-state index in [1.807, 2.05) is 0 Å². The average Bonchev–Trinajstić information content (AvgIpc) is 2.49. The predicted molar refractivity (Wildman–Crippen MR) is 76.1 cm³/mol. The number of hydrogen-bond donors (Lipinski definition) is 1. The summed E-state index contributed by atoms with van der Waals surface area (Å²) < 4.78 is 5.49. The molecule has 0 aromatic heterocycles. The lowest BCUT2D eigenvalue weighted by Gasteiger charge is -2.48. The van der Waals surface area contributed by atoms with Crippen molar-refractivity contribution in [1.29, 1.82) is 0 Å². The largest absolute Gasteiger partial charge is 0.396 e. The lowest BCUT2D eigenvalue weighted by molar-refractivity contribution is -0.0562. The lowest BCUT2D eigenvalue weighted by Crippen LogP contribution is -2.52. The first-order valence-corrected chi connectivity index (χ1v) is 8.26. The molecular formula is C16H29NO2. The van der Waals surface area contributed by atoms with Gasteiger partial charge in [-0.05, 0) is 51.0 Å². The molecule has 2 heterocycles. The monoisotopic (exact) mass is 267 g/mol. The van der Waals surface area contributed by atoms with Crippen molar-refractivity contribution in [3.63, 3.8) is 0 Å². The maximum atomic E-state index is 9.89. The van der Waals surface area contributed by atoms with Crippen LogP contribution in [0.2, 0.25) is 0 Å². The molecule has 0 spiro atoms. The van der Waals surface area contributed by atoms with E-state index in [-0.39, 0.29) is 5.41 Å². The number of piperidine rings is 1. The van der Waals surface area contributed by atoms with E-state index < -0.39 is 0 Å². The van der Waals surface area contributed by atoms with E-state index in [0.29, 0.717) is 6.61 Å². The zero-order valence-corrected chi connectivity index (χ0v) is 12.1. The normalized spacial score (nSPS) is 35.8. The van der Waals surface area contributed by atoms with Crippen molar-refractivity contribution < 1.29 is 9.84 Å². The van der Waals surface area contributed by atoms with Gasteiger partial charge in [-0.2, -0.15) is 0 Å². The third-order valence-corrected chi connectivity index (χ3v) is 5.79. The molecule has 3 aliphatic rings. The van der Waals surface area contributed by atoms with Gasteiger partial charge in [0.2, 0.25) is 0 Å². The van der Waals surface area contributed by atoms with Crippen LogP contribution in [0.25, 0.3) is 0 Å². The van der Waals surface area contributed by atoms with Crippen LogP contribution in [0.15, 0.2) is 0 Å². The maximum absolute atomic E-state index is 9.89. The van der Waals surface area contributed by atoms with Crippen LogP contribution in [-0.2, 0) is 4.74 Å². The summed E-state index contributed by atoms with van der Waals surface area (Å²) in [5.41, 5.74) is 0.123. The Hall–Kier alpha value is -0.120. The Morgan fingerprint density at radius 3 is 2.58 bits per heavy atom. The molecule has 2 aliphatic heterocycles. The van der Waals surface area contributed by atoms with Gasteiger partial charge in [0.1, 0.15) is 0 Å². The van der Waals surface area contributed by atoms with Crippen LogP contribution in [0.5, 0.6) is 0 Å². The van der Waals surface area contributed by atoms with Crippen molar-refractivity contribution in [1.82, 2.24) is 4.90 Å². The number of aliphatic hydroxyl groups is 1. The Balaban J connectivity index is 1.66. The van der Waals surface area contributed by atoms with Crippen LogP contribution >= 0.6 is 0 Å². The van der Waals surface area contributed by atoms with Gasteiger partial charge in [-0.3, -0.25) is 4.90 Å². The molecule has 3 fully saturated rings. The van der Waals surface area contributed by atoms with E-state index in [1.165, 1.54) is 45.1 Å². The molecule has 2 saturated heterocycles. The second kappa shape index (κ2) is 6.11. The first-order valence-electron chi connectivity index (χ1n) is 8.26. The van der Waals surface area contributed by atoms with E-state index in [4.69, 9.17) is 4.74 Å². The first-order chi connectivity index (χ1) is 9.33. The van der Waals surface area contributed by atoms with Crippen molar-refractivity contribution in [3.05, 3.63) is 0 Å². The van der Waals surface area contributed by atoms with Gasteiger partial charge >= 0.3 is 0 Å². The summed E-state index contributed by atoms with van der Waals surface area (Å²) in [6.07, 6.45) is 10.6. The maximum Gasteiger partial charge on any atom is 0.0501 e. The molecule has 110 valence electrons. The minimum Gasteiger partial charge on any atom is -0.396 e. The van der Waals surface area contributed by atoms with E-state index in [9.17, 15) is 5.11 Å². The summed E-state index contributed by atoms with van der Waals surface area (Å²) in [6.45, 7) is 4.37. The molecule has 0 unspecified atom stereocenters. The van der Waals surface area contributed by atoms with Crippen molar-refractivity contribution in [2.24, 2.45) is 11.3 Å². The van der Waals surface area contributed by atoms with Gasteiger partial charge in [0.25, 0.3) is 0 Å². The highest BCUT2D eigenvalue weighted by atomic mass is 16.5. The van der Waals surface area contributed by atoms with Gasteiger partial charge in [0, 0.05) is 31.2 Å². The van der Waals surface area contributed by atoms with Gasteiger partial charge in [0.05, 0.1) is 6.61 Å². The molecule has 1 aliphatic carbocycles. The standard InChI is InChI=1S/C16H29NO2/c18-13-16(7-10-19-11-8-16)12-17-9-3-5-14-4-1-2-6-15(14)17/h14-15,18H,1-13H2/t14-,15-/m1/s1. The molecule has 0 bridgehead atoms. The topological polar surface area (TPSA) is 32.7 Å². The van der Waals surface area contributed by atoms with E-state index >= 15 is 0 Å². The number of likely N-dealkylation sites (tertiary alicyclic amines) is 1. The van der Waals surface area contributed by atoms with Crippen LogP contribution < -0.4 is 0 Å². The third kappa shape index (κ3) is 2.98. The van der Waals surface area contributed by atoms with Gasteiger partial charge in [0.15, 0.2) is 0 Å². The summed E-state index contributed by atoms with van der Waals surface area (Å²) in [7, 11) is 0. The number of fused-ring (bicyclic) bond motifs is 1. The Kier molecular flexibility index (Phi) is 4.45. The molecule has 19 heavy (non-hydrogen) atoms. The van der Waals surface area contributed by atoms with Crippen molar-refractivity contribution in [3.8, 4) is 0 Å². The average molecular weight is 267 g/mol. The first kappa shape index (κ1) is 13.8. The number of nitrogens with zero attached hydrogens (tertiary/aromatic N) is 1. The Bertz CT molecular complexity index is 286. The summed E-state index contributed by atoms with van der Waals surface area (Å²) >= 11 is 0. The van der Waals surface area contributed by atoms with Crippen LogP contribution in [0.3, 0.4) is 0 Å². The molecule has 0 radical (unpaired) electrons. The SMILES string of the molecule is OCC1(CN2CCC[C@H]3CCCC[C@H]32)CCOCC1. The Labute approximate surface area is 117 Å². The van der Waals surface area contributed by atoms with Gasteiger partial charge < -0.3 is 9.84 Å². The minimum absolute atomic E-state index is 0.123. The fourth-order valence-corrected chi connectivity index (χ4v) is 4.53. The van der Waals surface area contributed by atoms with Crippen molar-refractivity contribution in [2.75, 3.05) is 32.9 Å². The van der Waals surface area contributed by atoms with E-state index in [1.54, 1.807) is 0 Å². The van der Waals surface area contributed by atoms with Gasteiger partial charge in [-0.15, -0.1) is 0 Å². The number of rotatable bonds is 3. The fraction of sp³-hybridized carbons (Fsp3) is 1.00. The van der Waals surface area contributed by atoms with Crippen LogP contribution in [0.4, 0.5) is 0 Å². The lowest BCUT2D eigenvalue weighted by atomic mass is 9.75. The third-order valence-electron chi connectivity index (χ3n) is 5.79. The summed E-state index contributed by atoms with van der Waals surface area (Å²) in [5, 5.41) is 9.89. The van der Waals surface area contributed by atoms with E-state index in [0.717, 1.165) is 44.6 Å². The molecule has 0 aromatic carbocycles. The quantitative estimate of drug-likeness (QED) is 0.852. The smallest absolute Gasteiger partial charge is 0.0501 e. The molecule has 3 nitrogen and oxygen atoms in total. The van der Waals surface area contributed by atoms with Crippen LogP contribution in [0.1, 0.15) is 51.4 Å². The van der Waals surface area contributed by atoms with Crippen molar-refractivity contribution >= 4 is 0 Å². The molecule has 0 amide bonds. The van der Waals surface area contributed by atoms with Gasteiger partial charge in [-0.25, -0.2) is 0 Å². The molecular weight excluding hydrogens is 238 g/mol.